The van der Waals surface area contributed by atoms with Crippen LogP contribution >= 0.6 is 0 Å². The van der Waals surface area contributed by atoms with Crippen LogP contribution in [0.4, 0.5) is 0 Å². The maximum absolute atomic E-state index is 4.26. The molecule has 1 aliphatic heterocycles. The summed E-state index contributed by atoms with van der Waals surface area (Å²) in [4.78, 5) is 2.46. The van der Waals surface area contributed by atoms with Crippen LogP contribution < -0.4 is 0 Å². The molecule has 1 fully saturated rings. The van der Waals surface area contributed by atoms with Gasteiger partial charge in [-0.25, -0.2) is 4.68 Å². The molecule has 0 N–H and O–H groups in total. The maximum Gasteiger partial charge on any atom is 0.0971 e. The van der Waals surface area contributed by atoms with Gasteiger partial charge in [0.2, 0.25) is 0 Å². The van der Waals surface area contributed by atoms with Crippen molar-refractivity contribution in [2.75, 3.05) is 13.1 Å². The molecule has 0 spiro atoms. The molecule has 1 aliphatic rings. The van der Waals surface area contributed by atoms with Crippen molar-refractivity contribution < 1.29 is 0 Å². The molecule has 2 heterocycles. The minimum atomic E-state index is 0.923. The van der Waals surface area contributed by atoms with E-state index in [2.05, 4.69) is 15.2 Å². The molecule has 4 heteroatoms. The van der Waals surface area contributed by atoms with Crippen LogP contribution in [0.3, 0.4) is 0 Å². The van der Waals surface area contributed by atoms with Crippen molar-refractivity contribution in [1.82, 2.24) is 19.9 Å². The van der Waals surface area contributed by atoms with E-state index in [0.717, 1.165) is 17.9 Å². The zero-order valence-corrected chi connectivity index (χ0v) is 10.5. The number of para-hydroxylation sites is 1. The van der Waals surface area contributed by atoms with Gasteiger partial charge in [0.05, 0.1) is 17.6 Å². The van der Waals surface area contributed by atoms with Crippen LogP contribution in [-0.4, -0.2) is 33.0 Å². The number of piperidine rings is 1. The quantitative estimate of drug-likeness (QED) is 0.828. The molecule has 1 saturated heterocycles. The summed E-state index contributed by atoms with van der Waals surface area (Å²) in [7, 11) is 0. The molecule has 94 valence electrons. The van der Waals surface area contributed by atoms with Gasteiger partial charge in [0, 0.05) is 6.54 Å². The number of rotatable bonds is 3. The zero-order valence-electron chi connectivity index (χ0n) is 10.5. The standard InChI is InChI=1S/C14H18N4/c1-3-7-14(8-4-1)18-12-13(15-16-18)11-17-9-5-2-6-10-17/h1,3-4,7-8,12H,2,5-6,9-11H2. The summed E-state index contributed by atoms with van der Waals surface area (Å²) in [5.41, 5.74) is 2.12. The topological polar surface area (TPSA) is 34.0 Å². The second-order valence-electron chi connectivity index (χ2n) is 4.83. The Hall–Kier alpha value is -1.68. The zero-order chi connectivity index (χ0) is 12.2. The van der Waals surface area contributed by atoms with E-state index in [1.807, 2.05) is 41.2 Å². The first-order valence-corrected chi connectivity index (χ1v) is 6.61. The Kier molecular flexibility index (Phi) is 3.37. The number of likely N-dealkylation sites (tertiary alicyclic amines) is 1. The van der Waals surface area contributed by atoms with Gasteiger partial charge in [-0.05, 0) is 38.1 Å². The lowest BCUT2D eigenvalue weighted by molar-refractivity contribution is 0.218. The lowest BCUT2D eigenvalue weighted by Crippen LogP contribution is -2.29. The van der Waals surface area contributed by atoms with Crippen molar-refractivity contribution >= 4 is 0 Å². The van der Waals surface area contributed by atoms with Gasteiger partial charge in [0.25, 0.3) is 0 Å². The van der Waals surface area contributed by atoms with Gasteiger partial charge >= 0.3 is 0 Å². The first-order valence-electron chi connectivity index (χ1n) is 6.61. The van der Waals surface area contributed by atoms with Gasteiger partial charge in [0.1, 0.15) is 0 Å². The van der Waals surface area contributed by atoms with E-state index in [-0.39, 0.29) is 0 Å². The summed E-state index contributed by atoms with van der Waals surface area (Å²) in [5, 5.41) is 8.45. The molecule has 2 aromatic rings. The molecule has 0 atom stereocenters. The Morgan fingerprint density at radius 1 is 1.00 bits per heavy atom. The van der Waals surface area contributed by atoms with Crippen LogP contribution in [0, 0.1) is 0 Å². The highest BCUT2D eigenvalue weighted by molar-refractivity contribution is 5.29. The minimum Gasteiger partial charge on any atom is -0.297 e. The highest BCUT2D eigenvalue weighted by atomic mass is 15.4. The van der Waals surface area contributed by atoms with Crippen molar-refractivity contribution in [2.45, 2.75) is 25.8 Å². The summed E-state index contributed by atoms with van der Waals surface area (Å²) in [6, 6.07) is 10.1. The van der Waals surface area contributed by atoms with E-state index in [1.54, 1.807) is 0 Å². The molecule has 1 aromatic heterocycles. The molecule has 0 unspecified atom stereocenters. The first-order chi connectivity index (χ1) is 8.92. The summed E-state index contributed by atoms with van der Waals surface area (Å²) in [6.07, 6.45) is 6.02. The second-order valence-corrected chi connectivity index (χ2v) is 4.83. The second kappa shape index (κ2) is 5.31. The molecule has 4 nitrogen and oxygen atoms in total. The molecule has 18 heavy (non-hydrogen) atoms. The molecular weight excluding hydrogens is 224 g/mol. The molecule has 1 aromatic carbocycles. The van der Waals surface area contributed by atoms with Crippen molar-refractivity contribution in [3.05, 3.63) is 42.2 Å². The van der Waals surface area contributed by atoms with Crippen molar-refractivity contribution in [3.63, 3.8) is 0 Å². The van der Waals surface area contributed by atoms with Gasteiger partial charge in [-0.15, -0.1) is 5.10 Å². The first kappa shape index (κ1) is 11.4. The molecule has 0 amide bonds. The summed E-state index contributed by atoms with van der Waals surface area (Å²) < 4.78 is 1.85. The van der Waals surface area contributed by atoms with Crippen LogP contribution in [-0.2, 0) is 6.54 Å². The lowest BCUT2D eigenvalue weighted by Gasteiger charge is -2.25. The van der Waals surface area contributed by atoms with Crippen molar-refractivity contribution in [2.24, 2.45) is 0 Å². The van der Waals surface area contributed by atoms with E-state index in [9.17, 15) is 0 Å². The summed E-state index contributed by atoms with van der Waals surface area (Å²) >= 11 is 0. The number of hydrogen-bond donors (Lipinski definition) is 0. The van der Waals surface area contributed by atoms with Gasteiger partial charge in [-0.3, -0.25) is 4.90 Å². The third-order valence-electron chi connectivity index (χ3n) is 3.40. The number of aromatic nitrogens is 3. The fraction of sp³-hybridized carbons (Fsp3) is 0.429. The highest BCUT2D eigenvalue weighted by Gasteiger charge is 2.12. The fourth-order valence-corrected chi connectivity index (χ4v) is 2.42. The Morgan fingerprint density at radius 3 is 2.56 bits per heavy atom. The van der Waals surface area contributed by atoms with Gasteiger partial charge in [-0.2, -0.15) is 0 Å². The molecule has 0 saturated carbocycles. The number of benzene rings is 1. The number of hydrogen-bond acceptors (Lipinski definition) is 3. The van der Waals surface area contributed by atoms with Gasteiger partial charge < -0.3 is 0 Å². The Balaban J connectivity index is 1.69. The van der Waals surface area contributed by atoms with E-state index in [0.29, 0.717) is 0 Å². The van der Waals surface area contributed by atoms with E-state index in [4.69, 9.17) is 0 Å². The molecular formula is C14H18N4. The fourth-order valence-electron chi connectivity index (χ4n) is 2.42. The monoisotopic (exact) mass is 242 g/mol. The molecule has 0 radical (unpaired) electrons. The minimum absolute atomic E-state index is 0.923. The molecule has 0 bridgehead atoms. The largest absolute Gasteiger partial charge is 0.297 e. The van der Waals surface area contributed by atoms with E-state index >= 15 is 0 Å². The Bertz CT molecular complexity index is 486. The molecule has 0 aliphatic carbocycles. The maximum atomic E-state index is 4.26. The van der Waals surface area contributed by atoms with Gasteiger partial charge in [0.15, 0.2) is 0 Å². The SMILES string of the molecule is c1ccc(-n2cc(CN3CCCCC3)nn2)cc1. The molecule has 3 rings (SSSR count). The normalized spacial score (nSPS) is 16.9. The van der Waals surface area contributed by atoms with E-state index < -0.39 is 0 Å². The smallest absolute Gasteiger partial charge is 0.0971 e. The van der Waals surface area contributed by atoms with Crippen molar-refractivity contribution in [3.8, 4) is 5.69 Å². The van der Waals surface area contributed by atoms with Crippen molar-refractivity contribution in [1.29, 1.82) is 0 Å². The van der Waals surface area contributed by atoms with Crippen LogP contribution in [0.5, 0.6) is 0 Å². The van der Waals surface area contributed by atoms with Crippen LogP contribution in [0.2, 0.25) is 0 Å². The predicted molar refractivity (Wildman–Crippen MR) is 70.5 cm³/mol. The van der Waals surface area contributed by atoms with Crippen LogP contribution in [0.15, 0.2) is 36.5 Å². The highest BCUT2D eigenvalue weighted by Crippen LogP contribution is 2.12. The third kappa shape index (κ3) is 2.59. The number of nitrogens with zero attached hydrogens (tertiary/aromatic N) is 4. The lowest BCUT2D eigenvalue weighted by atomic mass is 10.1. The predicted octanol–water partition coefficient (Wildman–Crippen LogP) is 2.25. The summed E-state index contributed by atoms with van der Waals surface area (Å²) in [6.45, 7) is 3.31. The Morgan fingerprint density at radius 2 is 1.78 bits per heavy atom. The Labute approximate surface area is 107 Å². The average Bonchev–Trinajstić information content (AvgIpc) is 2.89. The van der Waals surface area contributed by atoms with Crippen LogP contribution in [0.25, 0.3) is 5.69 Å². The van der Waals surface area contributed by atoms with Gasteiger partial charge in [-0.1, -0.05) is 29.8 Å². The average molecular weight is 242 g/mol. The van der Waals surface area contributed by atoms with E-state index in [1.165, 1.54) is 32.4 Å². The third-order valence-corrected chi connectivity index (χ3v) is 3.40. The van der Waals surface area contributed by atoms with Crippen LogP contribution in [0.1, 0.15) is 25.0 Å². The summed E-state index contributed by atoms with van der Waals surface area (Å²) in [5.74, 6) is 0.